The maximum Gasteiger partial charge on any atom is 0.132 e. The van der Waals surface area contributed by atoms with Crippen molar-refractivity contribution in [1.82, 2.24) is 0 Å². The minimum Gasteiger partial charge on any atom is -0.496 e. The molecule has 0 aliphatic carbocycles. The second-order valence-corrected chi connectivity index (χ2v) is 5.84. The fraction of sp³-hybridized carbons (Fsp3) is 0.0714. The number of hydrogen-bond donors (Lipinski definition) is 0. The molecule has 0 saturated heterocycles. The van der Waals surface area contributed by atoms with Crippen LogP contribution in [-0.2, 0) is 0 Å². The molecule has 4 heteroatoms. The van der Waals surface area contributed by atoms with E-state index in [2.05, 4.69) is 34.7 Å². The normalized spacial score (nSPS) is 9.83. The van der Waals surface area contributed by atoms with Gasteiger partial charge >= 0.3 is 0 Å². The highest BCUT2D eigenvalue weighted by Gasteiger charge is 2.03. The lowest BCUT2D eigenvalue weighted by Gasteiger charge is -2.06. The summed E-state index contributed by atoms with van der Waals surface area (Å²) < 4.78 is 6.32. The van der Waals surface area contributed by atoms with Crippen molar-refractivity contribution < 1.29 is 4.74 Å². The molecular weight excluding hydrogens is 357 g/mol. The minimum absolute atomic E-state index is 0.684. The van der Waals surface area contributed by atoms with Crippen molar-refractivity contribution in [2.75, 3.05) is 7.11 Å². The molecule has 0 spiro atoms. The Balaban J connectivity index is 2.18. The van der Waals surface area contributed by atoms with E-state index >= 15 is 0 Å². The lowest BCUT2D eigenvalue weighted by molar-refractivity contribution is 0.411. The molecule has 0 aromatic heterocycles. The van der Waals surface area contributed by atoms with Gasteiger partial charge in [0.2, 0.25) is 0 Å². The Morgan fingerprint density at radius 2 is 1.78 bits per heavy atom. The van der Waals surface area contributed by atoms with E-state index in [-0.39, 0.29) is 0 Å². The predicted octanol–water partition coefficient (Wildman–Crippen LogP) is 4.32. The van der Waals surface area contributed by atoms with Crippen LogP contribution < -0.4 is 4.74 Å². The monoisotopic (exact) mass is 367 g/mol. The Morgan fingerprint density at radius 3 is 2.33 bits per heavy atom. The van der Waals surface area contributed by atoms with E-state index < -0.39 is 0 Å². The van der Waals surface area contributed by atoms with E-state index in [0.29, 0.717) is 5.56 Å². The van der Waals surface area contributed by atoms with Crippen LogP contribution in [0.1, 0.15) is 5.56 Å². The number of nitrogens with zero attached hydrogens (tertiary/aromatic N) is 1. The van der Waals surface area contributed by atoms with Gasteiger partial charge in [0.05, 0.1) is 22.3 Å². The van der Waals surface area contributed by atoms with Crippen molar-refractivity contribution >= 4 is 34.4 Å². The van der Waals surface area contributed by atoms with Gasteiger partial charge in [0.15, 0.2) is 0 Å². The molecule has 0 amide bonds. The van der Waals surface area contributed by atoms with Gasteiger partial charge in [0.25, 0.3) is 0 Å². The van der Waals surface area contributed by atoms with E-state index in [1.165, 1.54) is 0 Å². The van der Waals surface area contributed by atoms with E-state index in [1.54, 1.807) is 18.9 Å². The number of nitriles is 1. The molecule has 2 aromatic carbocycles. The topological polar surface area (TPSA) is 33.0 Å². The quantitative estimate of drug-likeness (QED) is 0.758. The SMILES string of the molecule is COc1ccc(Sc2ccc(C#N)cc2)cc1I. The molecular formula is C14H10INOS. The number of rotatable bonds is 3. The third-order valence-electron chi connectivity index (χ3n) is 2.34. The van der Waals surface area contributed by atoms with Gasteiger partial charge in [-0.05, 0) is 65.1 Å². The number of benzene rings is 2. The Labute approximate surface area is 124 Å². The fourth-order valence-electron chi connectivity index (χ4n) is 1.44. The molecule has 0 saturated carbocycles. The highest BCUT2D eigenvalue weighted by molar-refractivity contribution is 14.1. The molecule has 0 radical (unpaired) electrons. The van der Waals surface area contributed by atoms with Gasteiger partial charge in [-0.25, -0.2) is 0 Å². The van der Waals surface area contributed by atoms with E-state index in [9.17, 15) is 0 Å². The number of hydrogen-bond acceptors (Lipinski definition) is 3. The van der Waals surface area contributed by atoms with Crippen molar-refractivity contribution in [3.05, 3.63) is 51.6 Å². The smallest absolute Gasteiger partial charge is 0.132 e. The van der Waals surface area contributed by atoms with Crippen LogP contribution in [0.5, 0.6) is 5.75 Å². The van der Waals surface area contributed by atoms with Crippen molar-refractivity contribution in [1.29, 1.82) is 5.26 Å². The van der Waals surface area contributed by atoms with Crippen molar-refractivity contribution in [3.63, 3.8) is 0 Å². The molecule has 0 unspecified atom stereocenters. The molecule has 2 nitrogen and oxygen atoms in total. The van der Waals surface area contributed by atoms with Crippen LogP contribution in [0.25, 0.3) is 0 Å². The molecule has 2 rings (SSSR count). The molecule has 0 bridgehead atoms. The van der Waals surface area contributed by atoms with Crippen LogP contribution in [0.4, 0.5) is 0 Å². The van der Waals surface area contributed by atoms with Gasteiger partial charge in [-0.3, -0.25) is 0 Å². The van der Waals surface area contributed by atoms with Gasteiger partial charge in [-0.15, -0.1) is 0 Å². The molecule has 2 aromatic rings. The van der Waals surface area contributed by atoms with Crippen molar-refractivity contribution in [3.8, 4) is 11.8 Å². The van der Waals surface area contributed by atoms with Crippen LogP contribution >= 0.6 is 34.4 Å². The maximum atomic E-state index is 8.74. The molecule has 0 aliphatic heterocycles. The third-order valence-corrected chi connectivity index (χ3v) is 4.18. The molecule has 0 atom stereocenters. The Hall–Kier alpha value is -1.19. The largest absolute Gasteiger partial charge is 0.496 e. The highest BCUT2D eigenvalue weighted by Crippen LogP contribution is 2.31. The highest BCUT2D eigenvalue weighted by atomic mass is 127. The first-order valence-electron chi connectivity index (χ1n) is 5.24. The number of halogens is 1. The third kappa shape index (κ3) is 3.18. The summed E-state index contributed by atoms with van der Waals surface area (Å²) in [6.07, 6.45) is 0. The Kier molecular flexibility index (Phi) is 4.50. The first-order valence-corrected chi connectivity index (χ1v) is 7.14. The second-order valence-electron chi connectivity index (χ2n) is 3.53. The zero-order chi connectivity index (χ0) is 13.0. The number of methoxy groups -OCH3 is 1. The van der Waals surface area contributed by atoms with Crippen molar-refractivity contribution in [2.45, 2.75) is 9.79 Å². The van der Waals surface area contributed by atoms with Crippen LogP contribution in [0.3, 0.4) is 0 Å². The maximum absolute atomic E-state index is 8.74. The summed E-state index contributed by atoms with van der Waals surface area (Å²) in [4.78, 5) is 2.28. The first-order chi connectivity index (χ1) is 8.72. The summed E-state index contributed by atoms with van der Waals surface area (Å²) in [5, 5.41) is 8.74. The summed E-state index contributed by atoms with van der Waals surface area (Å²) in [7, 11) is 1.67. The van der Waals surface area contributed by atoms with E-state index in [4.69, 9.17) is 10.00 Å². The van der Waals surface area contributed by atoms with Gasteiger partial charge < -0.3 is 4.74 Å². The van der Waals surface area contributed by atoms with Gasteiger partial charge in [-0.1, -0.05) is 11.8 Å². The molecule has 0 fully saturated rings. The van der Waals surface area contributed by atoms with Gasteiger partial charge in [-0.2, -0.15) is 5.26 Å². The lowest BCUT2D eigenvalue weighted by atomic mass is 10.2. The van der Waals surface area contributed by atoms with Gasteiger partial charge in [0.1, 0.15) is 5.75 Å². The van der Waals surface area contributed by atoms with E-state index in [1.807, 2.05) is 36.4 Å². The Bertz CT molecular complexity index is 590. The fourth-order valence-corrected chi connectivity index (χ4v) is 3.25. The van der Waals surface area contributed by atoms with Crippen molar-refractivity contribution in [2.24, 2.45) is 0 Å². The average molecular weight is 367 g/mol. The van der Waals surface area contributed by atoms with Crippen LogP contribution in [0.2, 0.25) is 0 Å². The molecule has 90 valence electrons. The number of ether oxygens (including phenoxy) is 1. The molecule has 0 heterocycles. The summed E-state index contributed by atoms with van der Waals surface area (Å²) >= 11 is 3.93. The zero-order valence-electron chi connectivity index (χ0n) is 9.68. The van der Waals surface area contributed by atoms with E-state index in [0.717, 1.165) is 19.1 Å². The summed E-state index contributed by atoms with van der Waals surface area (Å²) in [5.41, 5.74) is 0.684. The standard InChI is InChI=1S/C14H10INOS/c1-17-14-7-6-12(8-13(14)15)18-11-4-2-10(9-16)3-5-11/h2-8H,1H3. The predicted molar refractivity (Wildman–Crippen MR) is 81.0 cm³/mol. The van der Waals surface area contributed by atoms with Gasteiger partial charge in [0, 0.05) is 9.79 Å². The zero-order valence-corrected chi connectivity index (χ0v) is 12.7. The second kappa shape index (κ2) is 6.12. The first kappa shape index (κ1) is 13.2. The summed E-state index contributed by atoms with van der Waals surface area (Å²) in [6, 6.07) is 15.8. The Morgan fingerprint density at radius 1 is 1.11 bits per heavy atom. The van der Waals surface area contributed by atoms with Crippen LogP contribution in [-0.4, -0.2) is 7.11 Å². The molecule has 0 N–H and O–H groups in total. The average Bonchev–Trinajstić information content (AvgIpc) is 2.40. The molecule has 0 aliphatic rings. The molecule has 18 heavy (non-hydrogen) atoms. The minimum atomic E-state index is 0.684. The van der Waals surface area contributed by atoms with Crippen LogP contribution in [0.15, 0.2) is 52.3 Å². The summed E-state index contributed by atoms with van der Waals surface area (Å²) in [5.74, 6) is 0.889. The summed E-state index contributed by atoms with van der Waals surface area (Å²) in [6.45, 7) is 0. The lowest BCUT2D eigenvalue weighted by Crippen LogP contribution is -1.86. The van der Waals surface area contributed by atoms with Crippen LogP contribution in [0, 0.1) is 14.9 Å².